The van der Waals surface area contributed by atoms with Gasteiger partial charge in [0.05, 0.1) is 6.61 Å². The predicted molar refractivity (Wildman–Crippen MR) is 96.7 cm³/mol. The fraction of sp³-hybridized carbons (Fsp3) is 0.625. The summed E-state index contributed by atoms with van der Waals surface area (Å²) in [6.45, 7) is 4.44. The van der Waals surface area contributed by atoms with Gasteiger partial charge >= 0.3 is 0 Å². The summed E-state index contributed by atoms with van der Waals surface area (Å²) in [5.41, 5.74) is 0. The molecular formula is C16H25BrN2O4S. The summed E-state index contributed by atoms with van der Waals surface area (Å²) in [5.74, 6) is 0.321. The van der Waals surface area contributed by atoms with E-state index in [0.717, 1.165) is 4.47 Å². The van der Waals surface area contributed by atoms with Gasteiger partial charge in [-0.25, -0.2) is 8.42 Å². The van der Waals surface area contributed by atoms with Crippen LogP contribution in [-0.2, 0) is 10.0 Å². The number of rotatable bonds is 4. The van der Waals surface area contributed by atoms with E-state index < -0.39 is 16.1 Å². The van der Waals surface area contributed by atoms with Gasteiger partial charge in [-0.15, -0.1) is 0 Å². The van der Waals surface area contributed by atoms with Crippen LogP contribution in [0, 0.1) is 5.92 Å². The van der Waals surface area contributed by atoms with E-state index in [2.05, 4.69) is 15.9 Å². The van der Waals surface area contributed by atoms with Crippen molar-refractivity contribution in [3.63, 3.8) is 0 Å². The van der Waals surface area contributed by atoms with Gasteiger partial charge in [0, 0.05) is 29.5 Å². The van der Waals surface area contributed by atoms with Gasteiger partial charge in [-0.2, -0.15) is 4.31 Å². The Balaban J connectivity index is 2.57. The van der Waals surface area contributed by atoms with Crippen LogP contribution in [0.1, 0.15) is 13.8 Å². The van der Waals surface area contributed by atoms with Crippen LogP contribution in [0.15, 0.2) is 27.6 Å². The number of aliphatic hydroxyl groups is 1. The lowest BCUT2D eigenvalue weighted by Crippen LogP contribution is -2.49. The van der Waals surface area contributed by atoms with Gasteiger partial charge in [0.25, 0.3) is 0 Å². The first kappa shape index (κ1) is 19.7. The van der Waals surface area contributed by atoms with Crippen molar-refractivity contribution in [1.29, 1.82) is 0 Å². The molecule has 0 radical (unpaired) electrons. The van der Waals surface area contributed by atoms with Crippen LogP contribution in [-0.4, -0.2) is 68.7 Å². The second kappa shape index (κ2) is 7.70. The molecule has 136 valence electrons. The Kier molecular flexibility index (Phi) is 6.30. The Morgan fingerprint density at radius 2 is 2.12 bits per heavy atom. The molecule has 2 rings (SSSR count). The second-order valence-corrected chi connectivity index (χ2v) is 9.37. The number of sulfonamides is 1. The molecule has 1 aliphatic rings. The molecule has 8 heteroatoms. The topological polar surface area (TPSA) is 70.1 Å². The molecule has 0 fully saturated rings. The molecule has 0 saturated heterocycles. The first-order valence-corrected chi connectivity index (χ1v) is 10.1. The maximum absolute atomic E-state index is 13.1. The summed E-state index contributed by atoms with van der Waals surface area (Å²) >= 11 is 3.38. The van der Waals surface area contributed by atoms with E-state index >= 15 is 0 Å². The van der Waals surface area contributed by atoms with Gasteiger partial charge in [-0.3, -0.25) is 0 Å². The quantitative estimate of drug-likeness (QED) is 0.803. The van der Waals surface area contributed by atoms with Crippen molar-refractivity contribution >= 4 is 26.0 Å². The Labute approximate surface area is 152 Å². The van der Waals surface area contributed by atoms with E-state index in [4.69, 9.17) is 4.74 Å². The maximum atomic E-state index is 13.1. The molecule has 1 heterocycles. The van der Waals surface area contributed by atoms with Gasteiger partial charge in [0.15, 0.2) is 0 Å². The molecule has 1 aliphatic heterocycles. The Morgan fingerprint density at radius 3 is 2.71 bits per heavy atom. The largest absolute Gasteiger partial charge is 0.487 e. The molecule has 0 saturated carbocycles. The van der Waals surface area contributed by atoms with Gasteiger partial charge in [0.1, 0.15) is 16.7 Å². The average Bonchev–Trinajstić information content (AvgIpc) is 2.49. The SMILES string of the molecule is C[C@H]1CN([C@@H](C)CO)S(=O)(=O)c2ccc(Br)cc2O[C@@H]1CN(C)C. The van der Waals surface area contributed by atoms with Crippen LogP contribution in [0.4, 0.5) is 0 Å². The first-order valence-electron chi connectivity index (χ1n) is 7.90. The number of hydrogen-bond donors (Lipinski definition) is 1. The minimum atomic E-state index is -3.74. The van der Waals surface area contributed by atoms with Crippen molar-refractivity contribution in [2.75, 3.05) is 33.8 Å². The zero-order valence-electron chi connectivity index (χ0n) is 14.4. The fourth-order valence-corrected chi connectivity index (χ4v) is 4.94. The lowest BCUT2D eigenvalue weighted by atomic mass is 10.0. The normalized spacial score (nSPS) is 25.5. The molecule has 0 aromatic heterocycles. The molecule has 0 spiro atoms. The summed E-state index contributed by atoms with van der Waals surface area (Å²) in [4.78, 5) is 2.16. The molecule has 0 bridgehead atoms. The van der Waals surface area contributed by atoms with Crippen molar-refractivity contribution in [2.24, 2.45) is 5.92 Å². The molecular weight excluding hydrogens is 396 g/mol. The highest BCUT2D eigenvalue weighted by atomic mass is 79.9. The lowest BCUT2D eigenvalue weighted by molar-refractivity contribution is 0.0812. The third-order valence-electron chi connectivity index (χ3n) is 4.17. The molecule has 0 unspecified atom stereocenters. The van der Waals surface area contributed by atoms with Crippen molar-refractivity contribution in [3.05, 3.63) is 22.7 Å². The Morgan fingerprint density at radius 1 is 1.46 bits per heavy atom. The molecule has 1 N–H and O–H groups in total. The Hall–Kier alpha value is -0.670. The molecule has 1 aromatic rings. The van der Waals surface area contributed by atoms with E-state index in [1.807, 2.05) is 25.9 Å². The van der Waals surface area contributed by atoms with Crippen molar-refractivity contribution in [1.82, 2.24) is 9.21 Å². The third-order valence-corrected chi connectivity index (χ3v) is 6.69. The highest BCUT2D eigenvalue weighted by Gasteiger charge is 2.37. The lowest BCUT2D eigenvalue weighted by Gasteiger charge is -2.37. The molecule has 6 nitrogen and oxygen atoms in total. The van der Waals surface area contributed by atoms with Gasteiger partial charge in [0.2, 0.25) is 10.0 Å². The van der Waals surface area contributed by atoms with Crippen LogP contribution in [0.25, 0.3) is 0 Å². The zero-order valence-corrected chi connectivity index (χ0v) is 16.8. The summed E-state index contributed by atoms with van der Waals surface area (Å²) < 4.78 is 34.4. The van der Waals surface area contributed by atoms with Gasteiger partial charge < -0.3 is 14.7 Å². The number of nitrogens with zero attached hydrogens (tertiary/aromatic N) is 2. The third kappa shape index (κ3) is 4.11. The average molecular weight is 421 g/mol. The number of hydrogen-bond acceptors (Lipinski definition) is 5. The van der Waals surface area contributed by atoms with Crippen LogP contribution in [0.2, 0.25) is 0 Å². The number of likely N-dealkylation sites (N-methyl/N-ethyl adjacent to an activating group) is 1. The van der Waals surface area contributed by atoms with E-state index in [1.165, 1.54) is 4.31 Å². The second-order valence-electron chi connectivity index (χ2n) is 6.59. The fourth-order valence-electron chi connectivity index (χ4n) is 2.78. The number of benzene rings is 1. The summed E-state index contributed by atoms with van der Waals surface area (Å²) in [7, 11) is 0.178. The van der Waals surface area contributed by atoms with Crippen molar-refractivity contribution in [3.8, 4) is 5.75 Å². The molecule has 3 atom stereocenters. The van der Waals surface area contributed by atoms with Crippen molar-refractivity contribution < 1.29 is 18.3 Å². The van der Waals surface area contributed by atoms with Crippen LogP contribution in [0.5, 0.6) is 5.75 Å². The molecule has 1 aromatic carbocycles. The van der Waals surface area contributed by atoms with Gasteiger partial charge in [-0.1, -0.05) is 22.9 Å². The summed E-state index contributed by atoms with van der Waals surface area (Å²) in [6.07, 6.45) is -0.156. The number of halogens is 1. The summed E-state index contributed by atoms with van der Waals surface area (Å²) in [5, 5.41) is 9.52. The predicted octanol–water partition coefficient (Wildman–Crippen LogP) is 1.78. The van der Waals surface area contributed by atoms with E-state index in [9.17, 15) is 13.5 Å². The number of fused-ring (bicyclic) bond motifs is 1. The minimum absolute atomic E-state index is 0.0247. The van der Waals surface area contributed by atoms with E-state index in [1.54, 1.807) is 25.1 Å². The van der Waals surface area contributed by atoms with E-state index in [-0.39, 0.29) is 23.5 Å². The first-order chi connectivity index (χ1) is 11.2. The number of ether oxygens (including phenoxy) is 1. The minimum Gasteiger partial charge on any atom is -0.487 e. The zero-order chi connectivity index (χ0) is 18.1. The van der Waals surface area contributed by atoms with Crippen molar-refractivity contribution in [2.45, 2.75) is 30.9 Å². The monoisotopic (exact) mass is 420 g/mol. The van der Waals surface area contributed by atoms with Crippen LogP contribution in [0.3, 0.4) is 0 Å². The van der Waals surface area contributed by atoms with Crippen LogP contribution >= 0.6 is 15.9 Å². The number of aliphatic hydroxyl groups excluding tert-OH is 1. The standard InChI is InChI=1S/C16H25BrN2O4S/c1-11-8-19(12(2)10-20)24(21,22)16-6-5-13(17)7-14(16)23-15(11)9-18(3)4/h5-7,11-12,15,20H,8-10H2,1-4H3/t11-,12-,15+/m0/s1. The summed E-state index contributed by atoms with van der Waals surface area (Å²) in [6, 6.07) is 4.43. The maximum Gasteiger partial charge on any atom is 0.247 e. The highest BCUT2D eigenvalue weighted by Crippen LogP contribution is 2.35. The Bertz CT molecular complexity index is 681. The van der Waals surface area contributed by atoms with E-state index in [0.29, 0.717) is 18.8 Å². The van der Waals surface area contributed by atoms with Crippen LogP contribution < -0.4 is 4.74 Å². The highest BCUT2D eigenvalue weighted by molar-refractivity contribution is 9.10. The van der Waals surface area contributed by atoms with Gasteiger partial charge in [-0.05, 0) is 39.2 Å². The smallest absolute Gasteiger partial charge is 0.247 e. The molecule has 0 aliphatic carbocycles. The molecule has 0 amide bonds. The molecule has 24 heavy (non-hydrogen) atoms.